The lowest BCUT2D eigenvalue weighted by Gasteiger charge is -1.92. The molecular formula is C11H16O4. The maximum atomic E-state index is 10.7. The molecule has 0 radical (unpaired) electrons. The average Bonchev–Trinajstić information content (AvgIpc) is 2.26. The van der Waals surface area contributed by atoms with Crippen molar-refractivity contribution in [1.82, 2.24) is 0 Å². The monoisotopic (exact) mass is 212 g/mol. The van der Waals surface area contributed by atoms with E-state index in [0.29, 0.717) is 6.42 Å². The van der Waals surface area contributed by atoms with Gasteiger partial charge in [-0.2, -0.15) is 0 Å². The highest BCUT2D eigenvalue weighted by atomic mass is 16.5. The van der Waals surface area contributed by atoms with Crippen LogP contribution in [0.15, 0.2) is 24.3 Å². The van der Waals surface area contributed by atoms with Crippen LogP contribution in [-0.2, 0) is 19.1 Å². The Balaban J connectivity index is 3.52. The molecule has 0 aromatic heterocycles. The number of allylic oxidation sites excluding steroid dienone is 2. The Morgan fingerprint density at radius 2 is 1.27 bits per heavy atom. The minimum Gasteiger partial charge on any atom is -0.469 e. The smallest absolute Gasteiger partial charge is 0.309 e. The fourth-order valence-corrected chi connectivity index (χ4v) is 0.797. The standard InChI is InChI=1S/C11H16O4/c1-14-10(12)8-6-4-3-5-7-9-11(13)15-2/h4-7H,3,8-9H2,1-2H3/b6-4+,7-5+. The van der Waals surface area contributed by atoms with Gasteiger partial charge in [0.2, 0.25) is 0 Å². The van der Waals surface area contributed by atoms with Gasteiger partial charge in [0.1, 0.15) is 0 Å². The number of carbonyl (C=O) groups excluding carboxylic acids is 2. The predicted octanol–water partition coefficient (Wildman–Crippen LogP) is 1.62. The van der Waals surface area contributed by atoms with Crippen molar-refractivity contribution in [3.05, 3.63) is 24.3 Å². The molecule has 0 aromatic carbocycles. The second-order valence-electron chi connectivity index (χ2n) is 2.74. The lowest BCUT2D eigenvalue weighted by molar-refractivity contribution is -0.140. The summed E-state index contributed by atoms with van der Waals surface area (Å²) in [6, 6.07) is 0. The van der Waals surface area contributed by atoms with E-state index in [-0.39, 0.29) is 24.8 Å². The predicted molar refractivity (Wildman–Crippen MR) is 56.2 cm³/mol. The molecule has 0 saturated heterocycles. The van der Waals surface area contributed by atoms with E-state index in [1.54, 1.807) is 12.2 Å². The van der Waals surface area contributed by atoms with Crippen LogP contribution in [0.2, 0.25) is 0 Å². The summed E-state index contributed by atoms with van der Waals surface area (Å²) in [5.74, 6) is -0.519. The number of methoxy groups -OCH3 is 2. The number of hydrogen-bond donors (Lipinski definition) is 0. The highest BCUT2D eigenvalue weighted by molar-refractivity contribution is 5.71. The van der Waals surface area contributed by atoms with Gasteiger partial charge in [-0.15, -0.1) is 0 Å². The van der Waals surface area contributed by atoms with E-state index in [4.69, 9.17) is 0 Å². The van der Waals surface area contributed by atoms with E-state index in [0.717, 1.165) is 0 Å². The van der Waals surface area contributed by atoms with E-state index in [1.165, 1.54) is 14.2 Å². The summed E-state index contributed by atoms with van der Waals surface area (Å²) in [5.41, 5.74) is 0. The highest BCUT2D eigenvalue weighted by Gasteiger charge is 1.93. The van der Waals surface area contributed by atoms with Crippen molar-refractivity contribution in [3.63, 3.8) is 0 Å². The normalized spacial score (nSPS) is 10.8. The van der Waals surface area contributed by atoms with Crippen LogP contribution in [0, 0.1) is 0 Å². The van der Waals surface area contributed by atoms with Gasteiger partial charge < -0.3 is 9.47 Å². The molecule has 0 aliphatic carbocycles. The Morgan fingerprint density at radius 1 is 0.867 bits per heavy atom. The van der Waals surface area contributed by atoms with Crippen LogP contribution in [0.25, 0.3) is 0 Å². The van der Waals surface area contributed by atoms with Crippen molar-refractivity contribution in [2.75, 3.05) is 14.2 Å². The van der Waals surface area contributed by atoms with Crippen LogP contribution in [0.1, 0.15) is 19.3 Å². The SMILES string of the molecule is COC(=O)C/C=C/C/C=C/CC(=O)OC. The van der Waals surface area contributed by atoms with Crippen LogP contribution in [0.5, 0.6) is 0 Å². The zero-order valence-corrected chi connectivity index (χ0v) is 9.06. The van der Waals surface area contributed by atoms with Gasteiger partial charge in [-0.05, 0) is 6.42 Å². The lowest BCUT2D eigenvalue weighted by atomic mass is 10.3. The first-order chi connectivity index (χ1) is 7.20. The highest BCUT2D eigenvalue weighted by Crippen LogP contribution is 1.93. The molecule has 0 heterocycles. The molecule has 0 N–H and O–H groups in total. The first kappa shape index (κ1) is 13.4. The third-order valence-corrected chi connectivity index (χ3v) is 1.63. The van der Waals surface area contributed by atoms with Crippen molar-refractivity contribution < 1.29 is 19.1 Å². The molecule has 0 spiro atoms. The van der Waals surface area contributed by atoms with Crippen molar-refractivity contribution >= 4 is 11.9 Å². The number of ether oxygens (including phenoxy) is 2. The van der Waals surface area contributed by atoms with Gasteiger partial charge in [0.25, 0.3) is 0 Å². The molecule has 0 atom stereocenters. The molecule has 0 aliphatic rings. The summed E-state index contributed by atoms with van der Waals surface area (Å²) in [6.45, 7) is 0. The topological polar surface area (TPSA) is 52.6 Å². The van der Waals surface area contributed by atoms with Crippen molar-refractivity contribution in [1.29, 1.82) is 0 Å². The maximum absolute atomic E-state index is 10.7. The minimum atomic E-state index is -0.259. The second kappa shape index (κ2) is 8.99. The summed E-state index contributed by atoms with van der Waals surface area (Å²) >= 11 is 0. The molecule has 84 valence electrons. The first-order valence-electron chi connectivity index (χ1n) is 4.64. The molecule has 0 bridgehead atoms. The van der Waals surface area contributed by atoms with Gasteiger partial charge in [0, 0.05) is 0 Å². The molecule has 0 aliphatic heterocycles. The van der Waals surface area contributed by atoms with Gasteiger partial charge in [0.15, 0.2) is 0 Å². The number of carbonyl (C=O) groups is 2. The number of hydrogen-bond acceptors (Lipinski definition) is 4. The molecule has 0 unspecified atom stereocenters. The van der Waals surface area contributed by atoms with E-state index >= 15 is 0 Å². The van der Waals surface area contributed by atoms with Gasteiger partial charge in [0.05, 0.1) is 27.1 Å². The number of esters is 2. The van der Waals surface area contributed by atoms with Crippen molar-refractivity contribution in [2.45, 2.75) is 19.3 Å². The van der Waals surface area contributed by atoms with E-state index in [1.807, 2.05) is 12.2 Å². The molecule has 15 heavy (non-hydrogen) atoms. The zero-order valence-electron chi connectivity index (χ0n) is 9.06. The molecule has 0 amide bonds. The van der Waals surface area contributed by atoms with Crippen LogP contribution in [0.4, 0.5) is 0 Å². The third kappa shape index (κ3) is 8.74. The second-order valence-corrected chi connectivity index (χ2v) is 2.74. The average molecular weight is 212 g/mol. The van der Waals surface area contributed by atoms with Gasteiger partial charge in [-0.25, -0.2) is 0 Å². The van der Waals surface area contributed by atoms with E-state index in [2.05, 4.69) is 9.47 Å². The van der Waals surface area contributed by atoms with Crippen LogP contribution in [0.3, 0.4) is 0 Å². The summed E-state index contributed by atoms with van der Waals surface area (Å²) in [7, 11) is 2.71. The maximum Gasteiger partial charge on any atom is 0.309 e. The minimum absolute atomic E-state index is 0.259. The Hall–Kier alpha value is -1.58. The quantitative estimate of drug-likeness (QED) is 0.496. The number of rotatable bonds is 6. The first-order valence-corrected chi connectivity index (χ1v) is 4.64. The molecule has 0 aromatic rings. The fraction of sp³-hybridized carbons (Fsp3) is 0.455. The Kier molecular flexibility index (Phi) is 8.05. The largest absolute Gasteiger partial charge is 0.469 e. The molecule has 0 fully saturated rings. The fourth-order valence-electron chi connectivity index (χ4n) is 0.797. The van der Waals surface area contributed by atoms with Gasteiger partial charge in [-0.3, -0.25) is 9.59 Å². The lowest BCUT2D eigenvalue weighted by Crippen LogP contribution is -1.96. The third-order valence-electron chi connectivity index (χ3n) is 1.63. The molecular weight excluding hydrogens is 196 g/mol. The Labute approximate surface area is 89.6 Å². The summed E-state index contributed by atoms with van der Waals surface area (Å²) < 4.78 is 8.91. The van der Waals surface area contributed by atoms with Crippen LogP contribution >= 0.6 is 0 Å². The summed E-state index contributed by atoms with van der Waals surface area (Å²) in [6.07, 6.45) is 8.38. The molecule has 4 heteroatoms. The zero-order chi connectivity index (χ0) is 11.5. The Morgan fingerprint density at radius 3 is 1.60 bits per heavy atom. The summed E-state index contributed by atoms with van der Waals surface area (Å²) in [5, 5.41) is 0. The Bertz CT molecular complexity index is 227. The van der Waals surface area contributed by atoms with E-state index in [9.17, 15) is 9.59 Å². The van der Waals surface area contributed by atoms with Crippen LogP contribution < -0.4 is 0 Å². The van der Waals surface area contributed by atoms with Crippen molar-refractivity contribution in [2.24, 2.45) is 0 Å². The molecule has 0 saturated carbocycles. The van der Waals surface area contributed by atoms with Gasteiger partial charge >= 0.3 is 11.9 Å². The van der Waals surface area contributed by atoms with Gasteiger partial charge in [-0.1, -0.05) is 24.3 Å². The molecule has 4 nitrogen and oxygen atoms in total. The molecule has 0 rings (SSSR count). The van der Waals surface area contributed by atoms with Crippen LogP contribution in [-0.4, -0.2) is 26.2 Å². The van der Waals surface area contributed by atoms with E-state index < -0.39 is 0 Å². The summed E-state index contributed by atoms with van der Waals surface area (Å²) in [4.78, 5) is 21.4. The van der Waals surface area contributed by atoms with Crippen molar-refractivity contribution in [3.8, 4) is 0 Å².